The number of aromatic nitrogens is 1. The van der Waals surface area contributed by atoms with E-state index in [1.807, 2.05) is 24.3 Å². The van der Waals surface area contributed by atoms with Crippen molar-refractivity contribution < 1.29 is 4.42 Å². The second-order valence-electron chi connectivity index (χ2n) is 5.25. The summed E-state index contributed by atoms with van der Waals surface area (Å²) in [7, 11) is 0. The molecule has 5 rings (SSSR count). The summed E-state index contributed by atoms with van der Waals surface area (Å²) >= 11 is 3.71. The van der Waals surface area contributed by atoms with Gasteiger partial charge < -0.3 is 9.40 Å². The minimum absolute atomic E-state index is 0.914. The van der Waals surface area contributed by atoms with Crippen molar-refractivity contribution in [3.63, 3.8) is 0 Å². The second kappa shape index (κ2) is 3.89. The van der Waals surface area contributed by atoms with Gasteiger partial charge in [-0.2, -0.15) is 0 Å². The molecular formula is C18H10BrNO. The maximum atomic E-state index is 6.11. The number of halogens is 1. The molecule has 21 heavy (non-hydrogen) atoms. The van der Waals surface area contributed by atoms with Crippen molar-refractivity contribution in [3.05, 3.63) is 59.1 Å². The molecule has 3 heteroatoms. The maximum absolute atomic E-state index is 6.11. The lowest BCUT2D eigenvalue weighted by Crippen LogP contribution is -1.73. The number of benzene rings is 3. The van der Waals surface area contributed by atoms with Crippen LogP contribution in [0.2, 0.25) is 0 Å². The number of hydrogen-bond donors (Lipinski definition) is 1. The molecule has 0 saturated carbocycles. The molecule has 0 radical (unpaired) electrons. The first kappa shape index (κ1) is 11.4. The average Bonchev–Trinajstić information content (AvgIpc) is 3.06. The third-order valence-corrected chi connectivity index (χ3v) is 4.70. The largest absolute Gasteiger partial charge is 0.454 e. The van der Waals surface area contributed by atoms with Crippen LogP contribution < -0.4 is 0 Å². The first-order chi connectivity index (χ1) is 10.3. The molecule has 5 aromatic rings. The second-order valence-corrected chi connectivity index (χ2v) is 6.11. The molecule has 0 amide bonds. The van der Waals surface area contributed by atoms with E-state index < -0.39 is 0 Å². The first-order valence-corrected chi connectivity index (χ1v) is 7.62. The molecular weight excluding hydrogens is 326 g/mol. The van der Waals surface area contributed by atoms with Gasteiger partial charge in [-0.3, -0.25) is 0 Å². The molecule has 0 atom stereocenters. The van der Waals surface area contributed by atoms with Gasteiger partial charge in [0.25, 0.3) is 0 Å². The lowest BCUT2D eigenvalue weighted by atomic mass is 10.1. The monoisotopic (exact) mass is 335 g/mol. The van der Waals surface area contributed by atoms with Crippen LogP contribution in [0.3, 0.4) is 0 Å². The smallest absolute Gasteiger partial charge is 0.160 e. The Morgan fingerprint density at radius 3 is 2.52 bits per heavy atom. The summed E-state index contributed by atoms with van der Waals surface area (Å²) in [5.41, 5.74) is 4.02. The highest BCUT2D eigenvalue weighted by Crippen LogP contribution is 2.40. The molecule has 2 aromatic heterocycles. The Hall–Kier alpha value is -2.26. The normalized spacial score (nSPS) is 12.0. The van der Waals surface area contributed by atoms with Gasteiger partial charge in [-0.1, -0.05) is 36.4 Å². The Kier molecular flexibility index (Phi) is 2.11. The van der Waals surface area contributed by atoms with Gasteiger partial charge in [0.15, 0.2) is 5.58 Å². The Bertz CT molecular complexity index is 1150. The van der Waals surface area contributed by atoms with Crippen LogP contribution >= 0.6 is 15.9 Å². The fourth-order valence-corrected chi connectivity index (χ4v) is 3.77. The molecule has 0 aliphatic heterocycles. The Morgan fingerprint density at radius 2 is 1.62 bits per heavy atom. The van der Waals surface area contributed by atoms with E-state index in [1.165, 1.54) is 10.8 Å². The van der Waals surface area contributed by atoms with Gasteiger partial charge in [0.2, 0.25) is 0 Å². The van der Waals surface area contributed by atoms with Crippen molar-refractivity contribution in [3.8, 4) is 0 Å². The highest BCUT2D eigenvalue weighted by molar-refractivity contribution is 9.10. The number of aromatic amines is 1. The molecule has 0 unspecified atom stereocenters. The van der Waals surface area contributed by atoms with Gasteiger partial charge in [-0.25, -0.2) is 0 Å². The standard InChI is InChI=1S/C18H10BrNO/c19-13-9-12-10-5-1-3-7-14(10)20-17(12)18-16(13)11-6-2-4-8-15(11)21-18/h1-9,20H. The van der Waals surface area contributed by atoms with Crippen LogP contribution in [0.5, 0.6) is 0 Å². The van der Waals surface area contributed by atoms with Crippen LogP contribution in [0.25, 0.3) is 43.7 Å². The molecule has 100 valence electrons. The van der Waals surface area contributed by atoms with E-state index in [2.05, 4.69) is 51.2 Å². The molecule has 0 saturated heterocycles. The van der Waals surface area contributed by atoms with Gasteiger partial charge in [-0.05, 0) is 34.1 Å². The maximum Gasteiger partial charge on any atom is 0.160 e. The highest BCUT2D eigenvalue weighted by atomic mass is 79.9. The van der Waals surface area contributed by atoms with Crippen molar-refractivity contribution in [1.29, 1.82) is 0 Å². The lowest BCUT2D eigenvalue weighted by molar-refractivity contribution is 0.672. The number of rotatable bonds is 0. The molecule has 0 spiro atoms. The molecule has 1 N–H and O–H groups in total. The van der Waals surface area contributed by atoms with Gasteiger partial charge in [0.05, 0.1) is 5.52 Å². The zero-order chi connectivity index (χ0) is 14.0. The Balaban J connectivity index is 2.14. The predicted octanol–water partition coefficient (Wildman–Crippen LogP) is 5.98. The molecule has 3 aromatic carbocycles. The third-order valence-electron chi connectivity index (χ3n) is 4.08. The fourth-order valence-electron chi connectivity index (χ4n) is 3.15. The molecule has 0 aliphatic carbocycles. The van der Waals surface area contributed by atoms with E-state index in [0.29, 0.717) is 0 Å². The molecule has 2 nitrogen and oxygen atoms in total. The molecule has 0 fully saturated rings. The minimum Gasteiger partial charge on any atom is -0.454 e. The van der Waals surface area contributed by atoms with Crippen LogP contribution in [0.1, 0.15) is 0 Å². The van der Waals surface area contributed by atoms with Gasteiger partial charge in [0.1, 0.15) is 5.58 Å². The van der Waals surface area contributed by atoms with E-state index in [4.69, 9.17) is 4.42 Å². The quantitative estimate of drug-likeness (QED) is 0.370. The Morgan fingerprint density at radius 1 is 0.857 bits per heavy atom. The van der Waals surface area contributed by atoms with Crippen molar-refractivity contribution in [2.75, 3.05) is 0 Å². The van der Waals surface area contributed by atoms with Crippen molar-refractivity contribution in [2.45, 2.75) is 0 Å². The van der Waals surface area contributed by atoms with Crippen LogP contribution in [-0.2, 0) is 0 Å². The topological polar surface area (TPSA) is 28.9 Å². The summed E-state index contributed by atoms with van der Waals surface area (Å²) in [5.74, 6) is 0. The van der Waals surface area contributed by atoms with Crippen LogP contribution in [-0.4, -0.2) is 4.98 Å². The summed E-state index contributed by atoms with van der Waals surface area (Å²) in [6, 6.07) is 18.7. The average molecular weight is 336 g/mol. The highest BCUT2D eigenvalue weighted by Gasteiger charge is 2.16. The van der Waals surface area contributed by atoms with Gasteiger partial charge in [0, 0.05) is 31.5 Å². The van der Waals surface area contributed by atoms with E-state index in [0.717, 1.165) is 37.4 Å². The van der Waals surface area contributed by atoms with E-state index >= 15 is 0 Å². The fraction of sp³-hybridized carbons (Fsp3) is 0. The summed E-state index contributed by atoms with van der Waals surface area (Å²) < 4.78 is 7.18. The van der Waals surface area contributed by atoms with Crippen molar-refractivity contribution >= 4 is 59.7 Å². The number of nitrogens with one attached hydrogen (secondary N) is 1. The van der Waals surface area contributed by atoms with Crippen LogP contribution in [0.4, 0.5) is 0 Å². The summed E-state index contributed by atoms with van der Waals surface area (Å²) in [6.45, 7) is 0. The number of hydrogen-bond acceptors (Lipinski definition) is 1. The van der Waals surface area contributed by atoms with Crippen molar-refractivity contribution in [2.24, 2.45) is 0 Å². The van der Waals surface area contributed by atoms with Crippen LogP contribution in [0, 0.1) is 0 Å². The molecule has 0 bridgehead atoms. The van der Waals surface area contributed by atoms with E-state index in [1.54, 1.807) is 0 Å². The zero-order valence-corrected chi connectivity index (χ0v) is 12.6. The lowest BCUT2D eigenvalue weighted by Gasteiger charge is -1.97. The predicted molar refractivity (Wildman–Crippen MR) is 90.8 cm³/mol. The van der Waals surface area contributed by atoms with Crippen LogP contribution in [0.15, 0.2) is 63.5 Å². The minimum atomic E-state index is 0.914. The zero-order valence-electron chi connectivity index (χ0n) is 11.0. The van der Waals surface area contributed by atoms with Gasteiger partial charge in [-0.15, -0.1) is 0 Å². The van der Waals surface area contributed by atoms with E-state index in [9.17, 15) is 0 Å². The van der Waals surface area contributed by atoms with E-state index in [-0.39, 0.29) is 0 Å². The molecule has 0 aliphatic rings. The summed E-state index contributed by atoms with van der Waals surface area (Å²) in [6.07, 6.45) is 0. The number of fused-ring (bicyclic) bond motifs is 7. The third kappa shape index (κ3) is 1.41. The number of H-pyrrole nitrogens is 1. The summed E-state index contributed by atoms with van der Waals surface area (Å²) in [5, 5.41) is 4.67. The summed E-state index contributed by atoms with van der Waals surface area (Å²) in [4.78, 5) is 3.49. The van der Waals surface area contributed by atoms with Crippen molar-refractivity contribution in [1.82, 2.24) is 4.98 Å². The van der Waals surface area contributed by atoms with Gasteiger partial charge >= 0.3 is 0 Å². The number of furan rings is 1. The SMILES string of the molecule is Brc1cc2c3ccccc3[nH]c2c2oc3ccccc3c12. The Labute approximate surface area is 128 Å². The number of para-hydroxylation sites is 2. The first-order valence-electron chi connectivity index (χ1n) is 6.83. The molecule has 2 heterocycles.